The zero-order valence-electron chi connectivity index (χ0n) is 7.06. The van der Waals surface area contributed by atoms with E-state index in [1.165, 1.54) is 0 Å². The molecular weight excluding hydrogens is 186 g/mol. The molecule has 1 atom stereocenters. The van der Waals surface area contributed by atoms with Crippen molar-refractivity contribution in [3.8, 4) is 0 Å². The minimum Gasteiger partial charge on any atom is -0.289 e. The number of hydrogen-bond donors (Lipinski definition) is 2. The van der Waals surface area contributed by atoms with Crippen molar-refractivity contribution in [3.63, 3.8) is 0 Å². The third kappa shape index (κ3) is 3.01. The second-order valence-corrected chi connectivity index (χ2v) is 3.20. The molecule has 3 nitrogen and oxygen atoms in total. The smallest absolute Gasteiger partial charge is 0.259 e. The van der Waals surface area contributed by atoms with E-state index in [9.17, 15) is 4.21 Å². The van der Waals surface area contributed by atoms with Crippen molar-refractivity contribution in [1.82, 2.24) is 0 Å². The summed E-state index contributed by atoms with van der Waals surface area (Å²) in [5, 5.41) is 0. The molecule has 0 aliphatic carbocycles. The molecule has 0 heterocycles. The molecule has 2 N–H and O–H groups in total. The molecule has 0 spiro atoms. The number of nitrogens with one attached hydrogen (secondary N) is 1. The Hall–Kier alpha value is -1.13. The Labute approximate surface area is 79.9 Å². The third-order valence-corrected chi connectivity index (χ3v) is 1.97. The zero-order chi connectivity index (χ0) is 9.68. The molecule has 4 heteroatoms. The Balaban J connectivity index is 2.90. The number of anilines is 1. The van der Waals surface area contributed by atoms with Crippen LogP contribution in [0.1, 0.15) is 5.56 Å². The summed E-state index contributed by atoms with van der Waals surface area (Å²) in [5.74, 6) is 0. The van der Waals surface area contributed by atoms with Crippen LogP contribution in [0.5, 0.6) is 0 Å². The van der Waals surface area contributed by atoms with E-state index in [2.05, 4.69) is 11.3 Å². The van der Waals surface area contributed by atoms with E-state index in [-0.39, 0.29) is 0 Å². The van der Waals surface area contributed by atoms with Crippen molar-refractivity contribution in [2.45, 2.75) is 6.42 Å². The predicted molar refractivity (Wildman–Crippen MR) is 54.7 cm³/mol. The summed E-state index contributed by atoms with van der Waals surface area (Å²) < 4.78 is 21.6. The number of para-hydroxylation sites is 1. The molecule has 0 fully saturated rings. The maximum absolute atomic E-state index is 10.5. The largest absolute Gasteiger partial charge is 0.289 e. The first-order chi connectivity index (χ1) is 6.24. The van der Waals surface area contributed by atoms with E-state index in [1.807, 2.05) is 18.2 Å². The molecule has 0 aromatic heterocycles. The lowest BCUT2D eigenvalue weighted by Crippen LogP contribution is -2.04. The highest BCUT2D eigenvalue weighted by Crippen LogP contribution is 2.15. The van der Waals surface area contributed by atoms with Crippen molar-refractivity contribution in [1.29, 1.82) is 0 Å². The Morgan fingerprint density at radius 2 is 2.23 bits per heavy atom. The van der Waals surface area contributed by atoms with Gasteiger partial charge in [0.2, 0.25) is 0 Å². The lowest BCUT2D eigenvalue weighted by atomic mass is 10.1. The van der Waals surface area contributed by atoms with E-state index in [0.29, 0.717) is 12.1 Å². The van der Waals surface area contributed by atoms with Gasteiger partial charge in [0.05, 0.1) is 5.69 Å². The number of benzene rings is 1. The maximum atomic E-state index is 10.5. The maximum Gasteiger partial charge on any atom is 0.259 e. The van der Waals surface area contributed by atoms with Crippen LogP contribution in [0.4, 0.5) is 5.69 Å². The normalized spacial score (nSPS) is 12.1. The molecule has 1 aromatic rings. The van der Waals surface area contributed by atoms with E-state index in [4.69, 9.17) is 4.55 Å². The molecule has 1 aromatic carbocycles. The van der Waals surface area contributed by atoms with Crippen LogP contribution in [0.2, 0.25) is 0 Å². The molecule has 0 radical (unpaired) electrons. The molecule has 1 rings (SSSR count). The Morgan fingerprint density at radius 3 is 2.85 bits per heavy atom. The summed E-state index contributed by atoms with van der Waals surface area (Å²) in [6.45, 7) is 3.61. The Kier molecular flexibility index (Phi) is 3.67. The van der Waals surface area contributed by atoms with Crippen molar-refractivity contribution in [2.24, 2.45) is 0 Å². The molecule has 0 aliphatic rings. The second-order valence-electron chi connectivity index (χ2n) is 2.50. The third-order valence-electron chi connectivity index (χ3n) is 1.58. The van der Waals surface area contributed by atoms with Crippen LogP contribution >= 0.6 is 0 Å². The first-order valence-electron chi connectivity index (χ1n) is 3.80. The molecule has 0 saturated heterocycles. The van der Waals surface area contributed by atoms with Gasteiger partial charge in [-0.2, -0.15) is 0 Å². The zero-order valence-corrected chi connectivity index (χ0v) is 7.88. The Bertz CT molecular complexity index is 325. The van der Waals surface area contributed by atoms with Gasteiger partial charge in [-0.05, 0) is 18.1 Å². The summed E-state index contributed by atoms with van der Waals surface area (Å²) in [6, 6.07) is 7.33. The van der Waals surface area contributed by atoms with Crippen molar-refractivity contribution >= 4 is 17.0 Å². The van der Waals surface area contributed by atoms with Gasteiger partial charge < -0.3 is 0 Å². The van der Waals surface area contributed by atoms with Gasteiger partial charge in [-0.3, -0.25) is 9.27 Å². The van der Waals surface area contributed by atoms with Crippen LogP contribution in [0.15, 0.2) is 36.9 Å². The van der Waals surface area contributed by atoms with Crippen LogP contribution in [0, 0.1) is 0 Å². The fourth-order valence-electron chi connectivity index (χ4n) is 1.05. The monoisotopic (exact) mass is 197 g/mol. The second kappa shape index (κ2) is 4.79. The van der Waals surface area contributed by atoms with E-state index in [0.717, 1.165) is 5.56 Å². The fraction of sp³-hybridized carbons (Fsp3) is 0.111. The molecule has 70 valence electrons. The highest BCUT2D eigenvalue weighted by atomic mass is 32.2. The van der Waals surface area contributed by atoms with E-state index in [1.54, 1.807) is 12.1 Å². The highest BCUT2D eigenvalue weighted by molar-refractivity contribution is 7.80. The molecular formula is C9H11NO2S. The van der Waals surface area contributed by atoms with Crippen LogP contribution < -0.4 is 4.72 Å². The van der Waals surface area contributed by atoms with Gasteiger partial charge in [-0.25, -0.2) is 4.21 Å². The first-order valence-corrected chi connectivity index (χ1v) is 4.91. The van der Waals surface area contributed by atoms with Crippen LogP contribution in [0.25, 0.3) is 0 Å². The van der Waals surface area contributed by atoms with Gasteiger partial charge in [-0.1, -0.05) is 24.3 Å². The van der Waals surface area contributed by atoms with Crippen molar-refractivity contribution in [2.75, 3.05) is 4.72 Å². The van der Waals surface area contributed by atoms with Gasteiger partial charge in [0.1, 0.15) is 0 Å². The standard InChI is InChI=1S/C9H11NO2S/c1-2-5-8-6-3-4-7-9(8)10-13(11)12/h2-4,6-7,10H,1,5H2,(H,11,12). The molecule has 1 unspecified atom stereocenters. The van der Waals surface area contributed by atoms with Crippen LogP contribution in [-0.4, -0.2) is 8.76 Å². The van der Waals surface area contributed by atoms with Gasteiger partial charge in [-0.15, -0.1) is 6.58 Å². The van der Waals surface area contributed by atoms with Gasteiger partial charge >= 0.3 is 0 Å². The summed E-state index contributed by atoms with van der Waals surface area (Å²) >= 11 is -2.01. The average Bonchev–Trinajstić information content (AvgIpc) is 2.08. The van der Waals surface area contributed by atoms with Crippen LogP contribution in [-0.2, 0) is 17.7 Å². The SMILES string of the molecule is C=CCc1ccccc1NS(=O)O. The van der Waals surface area contributed by atoms with Crippen molar-refractivity contribution in [3.05, 3.63) is 42.5 Å². The van der Waals surface area contributed by atoms with E-state index < -0.39 is 11.3 Å². The topological polar surface area (TPSA) is 49.3 Å². The van der Waals surface area contributed by atoms with Gasteiger partial charge in [0.25, 0.3) is 11.3 Å². The minimum atomic E-state index is -2.01. The van der Waals surface area contributed by atoms with E-state index >= 15 is 0 Å². The lowest BCUT2D eigenvalue weighted by molar-refractivity contribution is 0.570. The lowest BCUT2D eigenvalue weighted by Gasteiger charge is -2.06. The summed E-state index contributed by atoms with van der Waals surface area (Å²) in [6.07, 6.45) is 2.43. The summed E-state index contributed by atoms with van der Waals surface area (Å²) in [5.41, 5.74) is 1.63. The number of hydrogen-bond acceptors (Lipinski definition) is 1. The van der Waals surface area contributed by atoms with Gasteiger partial charge in [0.15, 0.2) is 0 Å². The van der Waals surface area contributed by atoms with Gasteiger partial charge in [0, 0.05) is 0 Å². The average molecular weight is 197 g/mol. The van der Waals surface area contributed by atoms with Crippen LogP contribution in [0.3, 0.4) is 0 Å². The number of rotatable bonds is 4. The first kappa shape index (κ1) is 9.95. The summed E-state index contributed by atoms with van der Waals surface area (Å²) in [4.78, 5) is 0. The predicted octanol–water partition coefficient (Wildman–Crippen LogP) is 1.96. The van der Waals surface area contributed by atoms with Crippen molar-refractivity contribution < 1.29 is 8.76 Å². The minimum absolute atomic E-state index is 0.670. The molecule has 0 aliphatic heterocycles. The Morgan fingerprint density at radius 1 is 1.54 bits per heavy atom. The molecule has 0 amide bonds. The molecule has 0 bridgehead atoms. The fourth-order valence-corrected chi connectivity index (χ4v) is 1.43. The quantitative estimate of drug-likeness (QED) is 0.572. The number of allylic oxidation sites excluding steroid dienone is 1. The molecule has 13 heavy (non-hydrogen) atoms. The molecule has 0 saturated carbocycles. The summed E-state index contributed by atoms with van der Waals surface area (Å²) in [7, 11) is 0. The highest BCUT2D eigenvalue weighted by Gasteiger charge is 2.00.